The van der Waals surface area contributed by atoms with Crippen molar-refractivity contribution in [1.29, 1.82) is 0 Å². The summed E-state index contributed by atoms with van der Waals surface area (Å²) < 4.78 is 5.35. The maximum atomic E-state index is 12.5. The number of nitrogens with one attached hydrogen (secondary N) is 2. The smallest absolute Gasteiger partial charge is 0.247 e. The first-order chi connectivity index (χ1) is 10.5. The molecule has 5 nitrogen and oxygen atoms in total. The third-order valence-electron chi connectivity index (χ3n) is 5.30. The number of anilines is 1. The Morgan fingerprint density at radius 1 is 1.50 bits per heavy atom. The number of hydrogen-bond donors (Lipinski definition) is 2. The minimum absolute atomic E-state index is 0.0356. The molecule has 2 aliphatic rings. The Bertz CT molecular complexity index is 587. The van der Waals surface area contributed by atoms with E-state index < -0.39 is 5.54 Å². The highest BCUT2D eigenvalue weighted by molar-refractivity contribution is 5.99. The topological polar surface area (TPSA) is 53.6 Å². The van der Waals surface area contributed by atoms with Crippen LogP contribution in [0.4, 0.5) is 5.69 Å². The quantitative estimate of drug-likeness (QED) is 0.889. The van der Waals surface area contributed by atoms with E-state index in [0.717, 1.165) is 18.7 Å². The van der Waals surface area contributed by atoms with Crippen LogP contribution in [-0.4, -0.2) is 49.7 Å². The molecule has 0 bridgehead atoms. The largest absolute Gasteiger partial charge is 0.378 e. The number of nitrogens with zero attached hydrogens (tertiary/aromatic N) is 1. The van der Waals surface area contributed by atoms with Gasteiger partial charge in [0.25, 0.3) is 0 Å². The van der Waals surface area contributed by atoms with Gasteiger partial charge in [0.05, 0.1) is 6.10 Å². The molecule has 22 heavy (non-hydrogen) atoms. The summed E-state index contributed by atoms with van der Waals surface area (Å²) in [7, 11) is 3.80. The zero-order valence-corrected chi connectivity index (χ0v) is 13.8. The molecule has 1 saturated heterocycles. The van der Waals surface area contributed by atoms with Crippen molar-refractivity contribution in [2.45, 2.75) is 38.0 Å². The Balaban J connectivity index is 1.76. The Kier molecular flexibility index (Phi) is 3.97. The fraction of sp³-hybridized carbons (Fsp3) is 0.588. The van der Waals surface area contributed by atoms with Crippen LogP contribution in [0.25, 0.3) is 0 Å². The summed E-state index contributed by atoms with van der Waals surface area (Å²) in [6, 6.07) is 6.67. The van der Waals surface area contributed by atoms with E-state index in [2.05, 4.69) is 41.6 Å². The fourth-order valence-corrected chi connectivity index (χ4v) is 3.33. The molecular formula is C17H25N3O2. The standard InChI is InChI=1S/C17H25N3O2/c1-11-14-6-5-13(9-12(14)7-8-20(11)3)19-16(21)17(2)15(22-4)10-18-17/h5-6,9,11,15,18H,7-8,10H2,1-4H3,(H,19,21)/t11-,15+,17-/m1/s1. The number of rotatable bonds is 3. The molecule has 3 rings (SSSR count). The molecule has 0 radical (unpaired) electrons. The van der Waals surface area contributed by atoms with Gasteiger partial charge >= 0.3 is 0 Å². The molecule has 0 saturated carbocycles. The number of benzene rings is 1. The van der Waals surface area contributed by atoms with E-state index in [0.29, 0.717) is 12.6 Å². The number of methoxy groups -OCH3 is 1. The van der Waals surface area contributed by atoms with Crippen LogP contribution >= 0.6 is 0 Å². The lowest BCUT2D eigenvalue weighted by Gasteiger charge is -2.45. The van der Waals surface area contributed by atoms with Crippen molar-refractivity contribution >= 4 is 11.6 Å². The first kappa shape index (κ1) is 15.5. The van der Waals surface area contributed by atoms with E-state index in [9.17, 15) is 4.79 Å². The number of likely N-dealkylation sites (N-methyl/N-ethyl adjacent to an activating group) is 1. The molecule has 5 heteroatoms. The second kappa shape index (κ2) is 5.65. The monoisotopic (exact) mass is 303 g/mol. The zero-order valence-electron chi connectivity index (χ0n) is 13.8. The summed E-state index contributed by atoms with van der Waals surface area (Å²) in [5, 5.41) is 6.20. The minimum atomic E-state index is -0.641. The second-order valence-corrected chi connectivity index (χ2v) is 6.58. The molecule has 1 aromatic rings. The summed E-state index contributed by atoms with van der Waals surface area (Å²) in [5.41, 5.74) is 2.91. The van der Waals surface area contributed by atoms with Crippen LogP contribution in [0.1, 0.15) is 31.0 Å². The van der Waals surface area contributed by atoms with E-state index >= 15 is 0 Å². The highest BCUT2D eigenvalue weighted by atomic mass is 16.5. The molecule has 0 unspecified atom stereocenters. The van der Waals surface area contributed by atoms with Crippen molar-refractivity contribution in [3.05, 3.63) is 29.3 Å². The van der Waals surface area contributed by atoms with Gasteiger partial charge in [-0.1, -0.05) is 6.07 Å². The van der Waals surface area contributed by atoms with Crippen LogP contribution in [0.5, 0.6) is 0 Å². The van der Waals surface area contributed by atoms with Gasteiger partial charge in [-0.2, -0.15) is 0 Å². The molecule has 0 spiro atoms. The van der Waals surface area contributed by atoms with Gasteiger partial charge in [0.1, 0.15) is 5.54 Å². The average molecular weight is 303 g/mol. The van der Waals surface area contributed by atoms with Crippen LogP contribution < -0.4 is 10.6 Å². The lowest BCUT2D eigenvalue weighted by molar-refractivity contribution is -0.134. The highest BCUT2D eigenvalue weighted by Gasteiger charge is 2.49. The van der Waals surface area contributed by atoms with Gasteiger partial charge in [0.2, 0.25) is 5.91 Å². The van der Waals surface area contributed by atoms with E-state index in [1.165, 1.54) is 11.1 Å². The molecule has 2 N–H and O–H groups in total. The lowest BCUT2D eigenvalue weighted by atomic mass is 9.85. The number of ether oxygens (including phenoxy) is 1. The lowest BCUT2D eigenvalue weighted by Crippen LogP contribution is -2.73. The third kappa shape index (κ3) is 2.43. The minimum Gasteiger partial charge on any atom is -0.378 e. The van der Waals surface area contributed by atoms with Crippen LogP contribution in [0.2, 0.25) is 0 Å². The third-order valence-corrected chi connectivity index (χ3v) is 5.30. The highest BCUT2D eigenvalue weighted by Crippen LogP contribution is 2.31. The van der Waals surface area contributed by atoms with Crippen molar-refractivity contribution in [3.63, 3.8) is 0 Å². The van der Waals surface area contributed by atoms with Crippen molar-refractivity contribution < 1.29 is 9.53 Å². The summed E-state index contributed by atoms with van der Waals surface area (Å²) in [6.07, 6.45) is 0.953. The Labute approximate surface area is 132 Å². The van der Waals surface area contributed by atoms with Crippen LogP contribution in [0.15, 0.2) is 18.2 Å². The molecule has 2 heterocycles. The summed E-state index contributed by atoms with van der Waals surface area (Å²) in [4.78, 5) is 14.9. The number of carbonyl (C=O) groups excluding carboxylic acids is 1. The van der Waals surface area contributed by atoms with Gasteiger partial charge in [0.15, 0.2) is 0 Å². The number of carbonyl (C=O) groups is 1. The van der Waals surface area contributed by atoms with Crippen LogP contribution in [0.3, 0.4) is 0 Å². The Morgan fingerprint density at radius 3 is 2.91 bits per heavy atom. The number of amides is 1. The van der Waals surface area contributed by atoms with E-state index in [-0.39, 0.29) is 12.0 Å². The number of hydrogen-bond acceptors (Lipinski definition) is 4. The number of fused-ring (bicyclic) bond motifs is 1. The van der Waals surface area contributed by atoms with E-state index in [4.69, 9.17) is 4.74 Å². The molecule has 120 valence electrons. The van der Waals surface area contributed by atoms with Crippen molar-refractivity contribution in [2.24, 2.45) is 0 Å². The predicted octanol–water partition coefficient (Wildman–Crippen LogP) is 1.55. The van der Waals surface area contributed by atoms with Crippen molar-refractivity contribution in [1.82, 2.24) is 10.2 Å². The van der Waals surface area contributed by atoms with Crippen LogP contribution in [0, 0.1) is 0 Å². The maximum Gasteiger partial charge on any atom is 0.247 e. The van der Waals surface area contributed by atoms with Gasteiger partial charge in [-0.3, -0.25) is 15.0 Å². The molecule has 0 aromatic heterocycles. The summed E-state index contributed by atoms with van der Waals surface area (Å²) >= 11 is 0. The maximum absolute atomic E-state index is 12.5. The van der Waals surface area contributed by atoms with Crippen molar-refractivity contribution in [3.8, 4) is 0 Å². The Hall–Kier alpha value is -1.43. The summed E-state index contributed by atoms with van der Waals surface area (Å²) in [6.45, 7) is 5.87. The average Bonchev–Trinajstić information content (AvgIpc) is 2.49. The van der Waals surface area contributed by atoms with Crippen molar-refractivity contribution in [2.75, 3.05) is 32.6 Å². The zero-order chi connectivity index (χ0) is 15.9. The van der Waals surface area contributed by atoms with Gasteiger partial charge in [-0.15, -0.1) is 0 Å². The van der Waals surface area contributed by atoms with Gasteiger partial charge in [-0.05, 0) is 50.6 Å². The molecular weight excluding hydrogens is 278 g/mol. The van der Waals surface area contributed by atoms with Crippen LogP contribution in [-0.2, 0) is 16.0 Å². The molecule has 1 fully saturated rings. The fourth-order valence-electron chi connectivity index (χ4n) is 3.33. The second-order valence-electron chi connectivity index (χ2n) is 6.58. The van der Waals surface area contributed by atoms with Gasteiger partial charge in [-0.25, -0.2) is 0 Å². The van der Waals surface area contributed by atoms with Gasteiger partial charge < -0.3 is 10.1 Å². The van der Waals surface area contributed by atoms with E-state index in [1.807, 2.05) is 13.0 Å². The molecule has 1 aromatic carbocycles. The van der Waals surface area contributed by atoms with E-state index in [1.54, 1.807) is 7.11 Å². The molecule has 2 aliphatic heterocycles. The normalized spacial score (nSPS) is 31.3. The first-order valence-electron chi connectivity index (χ1n) is 7.88. The Morgan fingerprint density at radius 2 is 2.27 bits per heavy atom. The van der Waals surface area contributed by atoms with Gasteiger partial charge in [0, 0.05) is 31.9 Å². The first-order valence-corrected chi connectivity index (χ1v) is 7.88. The molecule has 1 amide bonds. The predicted molar refractivity (Wildman–Crippen MR) is 87.0 cm³/mol. The summed E-state index contributed by atoms with van der Waals surface area (Å²) in [5.74, 6) is -0.0356. The molecule has 3 atom stereocenters. The SMILES string of the molecule is CO[C@H]1CN[C@@]1(C)C(=O)Nc1ccc2c(c1)CCN(C)[C@@H]2C. The molecule has 0 aliphatic carbocycles.